The molecule has 0 spiro atoms. The maximum atomic E-state index is 11.3. The summed E-state index contributed by atoms with van der Waals surface area (Å²) in [4.78, 5) is 22.3. The summed E-state index contributed by atoms with van der Waals surface area (Å²) < 4.78 is 4.62. The van der Waals surface area contributed by atoms with Crippen molar-refractivity contribution in [2.24, 2.45) is 0 Å². The third kappa shape index (κ3) is 15.7. The van der Waals surface area contributed by atoms with E-state index >= 15 is 0 Å². The molecule has 0 aromatic carbocycles. The fourth-order valence-corrected chi connectivity index (χ4v) is 1.94. The van der Waals surface area contributed by atoms with Gasteiger partial charge in [0.15, 0.2) is 0 Å². The molecule has 1 radical (unpaired) electrons. The van der Waals surface area contributed by atoms with Crippen LogP contribution in [0.5, 0.6) is 0 Å². The Balaban J connectivity index is 0. The first kappa shape index (κ1) is 21.9. The van der Waals surface area contributed by atoms with Gasteiger partial charge in [-0.3, -0.25) is 9.59 Å². The molecule has 1 N–H and O–H groups in total. The molecule has 0 amide bonds. The Kier molecular flexibility index (Phi) is 18.3. The third-order valence-corrected chi connectivity index (χ3v) is 3.03. The minimum Gasteiger partial charge on any atom is -0.392 e. The fourth-order valence-electron chi connectivity index (χ4n) is 1.94. The van der Waals surface area contributed by atoms with Crippen LogP contribution in [0.3, 0.4) is 0 Å². The molecular formula is C15H29CuNO3. The zero-order chi connectivity index (χ0) is 14.3. The first-order valence-corrected chi connectivity index (χ1v) is 7.58. The molecule has 0 bridgehead atoms. The van der Waals surface area contributed by atoms with Gasteiger partial charge in [-0.05, 0) is 13.5 Å². The molecule has 0 atom stereocenters. The van der Waals surface area contributed by atoms with E-state index < -0.39 is 11.9 Å². The number of nitrogens with one attached hydrogen (secondary N) is 1. The van der Waals surface area contributed by atoms with Gasteiger partial charge in [-0.15, -0.1) is 0 Å². The number of carbonyl (C=O) groups is 2. The third-order valence-electron chi connectivity index (χ3n) is 3.03. The van der Waals surface area contributed by atoms with Crippen LogP contribution in [0, 0.1) is 0 Å². The molecule has 0 unspecified atom stereocenters. The van der Waals surface area contributed by atoms with Crippen LogP contribution in [0.25, 0.3) is 0 Å². The minimum absolute atomic E-state index is 0. The average Bonchev–Trinajstić information content (AvgIpc) is 2.37. The quantitative estimate of drug-likeness (QED) is 0.258. The van der Waals surface area contributed by atoms with Gasteiger partial charge in [-0.25, -0.2) is 0 Å². The second-order valence-electron chi connectivity index (χ2n) is 4.95. The summed E-state index contributed by atoms with van der Waals surface area (Å²) in [5, 5.41) is 2.65. The molecule has 5 heteroatoms. The van der Waals surface area contributed by atoms with Gasteiger partial charge in [0, 0.05) is 23.5 Å². The number of carbonyl (C=O) groups excluding carboxylic acids is 2. The Morgan fingerprint density at radius 3 is 1.85 bits per heavy atom. The van der Waals surface area contributed by atoms with Gasteiger partial charge in [-0.2, -0.15) is 0 Å². The largest absolute Gasteiger partial charge is 0.392 e. The number of hydrogen-bond acceptors (Lipinski definition) is 4. The van der Waals surface area contributed by atoms with Crippen molar-refractivity contribution in [3.63, 3.8) is 0 Å². The van der Waals surface area contributed by atoms with Crippen LogP contribution in [0.2, 0.25) is 0 Å². The van der Waals surface area contributed by atoms with E-state index in [9.17, 15) is 9.59 Å². The van der Waals surface area contributed by atoms with Crippen molar-refractivity contribution in [3.8, 4) is 0 Å². The monoisotopic (exact) mass is 334 g/mol. The van der Waals surface area contributed by atoms with Crippen molar-refractivity contribution in [1.82, 2.24) is 5.32 Å². The molecule has 4 nitrogen and oxygen atoms in total. The molecule has 0 rings (SSSR count). The van der Waals surface area contributed by atoms with Crippen LogP contribution < -0.4 is 5.32 Å². The Hall–Kier alpha value is -0.381. The molecule has 0 aromatic rings. The zero-order valence-electron chi connectivity index (χ0n) is 12.8. The first-order valence-electron chi connectivity index (χ1n) is 7.58. The second kappa shape index (κ2) is 16.7. The smallest absolute Gasteiger partial charge is 0.327 e. The molecule has 0 fully saturated rings. The van der Waals surface area contributed by atoms with Crippen molar-refractivity contribution < 1.29 is 31.4 Å². The Morgan fingerprint density at radius 2 is 1.35 bits per heavy atom. The second-order valence-corrected chi connectivity index (χ2v) is 4.95. The van der Waals surface area contributed by atoms with E-state index in [1.807, 2.05) is 0 Å². The molecule has 0 saturated carbocycles. The van der Waals surface area contributed by atoms with Crippen molar-refractivity contribution >= 4 is 11.9 Å². The van der Waals surface area contributed by atoms with Crippen LogP contribution in [0.1, 0.15) is 71.1 Å². The topological polar surface area (TPSA) is 55.4 Å². The minimum atomic E-state index is -0.497. The molecule has 0 aliphatic carbocycles. The number of ether oxygens (including phenoxy) is 1. The standard InChI is InChI=1S/C15H29NO3.Cu/c1-3-4-5-6-7-8-9-10-11-12-14(17)19-15(18)13-16-2;/h16H,3-13H2,1-2H3;. The molecule has 0 aliphatic rings. The van der Waals surface area contributed by atoms with Gasteiger partial charge < -0.3 is 10.1 Å². The summed E-state index contributed by atoms with van der Waals surface area (Å²) in [6.45, 7) is 2.31. The summed E-state index contributed by atoms with van der Waals surface area (Å²) in [7, 11) is 1.65. The average molecular weight is 335 g/mol. The molecule has 0 aromatic heterocycles. The molecule has 0 aliphatic heterocycles. The van der Waals surface area contributed by atoms with E-state index in [4.69, 9.17) is 0 Å². The van der Waals surface area contributed by atoms with Crippen LogP contribution in [-0.4, -0.2) is 25.5 Å². The van der Waals surface area contributed by atoms with Crippen molar-refractivity contribution in [1.29, 1.82) is 0 Å². The number of esters is 2. The zero-order valence-corrected chi connectivity index (χ0v) is 13.7. The molecule has 0 saturated heterocycles. The normalized spacial score (nSPS) is 9.90. The summed E-state index contributed by atoms with van der Waals surface area (Å²) in [5.74, 6) is -0.897. The number of hydrogen-bond donors (Lipinski definition) is 1. The molecule has 123 valence electrons. The van der Waals surface area contributed by atoms with Gasteiger partial charge in [0.05, 0.1) is 6.54 Å². The molecular weight excluding hydrogens is 306 g/mol. The van der Waals surface area contributed by atoms with E-state index in [0.29, 0.717) is 6.42 Å². The van der Waals surface area contributed by atoms with Gasteiger partial charge in [0.2, 0.25) is 0 Å². The van der Waals surface area contributed by atoms with Crippen LogP contribution in [-0.2, 0) is 31.4 Å². The summed E-state index contributed by atoms with van der Waals surface area (Å²) in [6.07, 6.45) is 11.2. The maximum Gasteiger partial charge on any atom is 0.327 e. The van der Waals surface area contributed by atoms with Gasteiger partial charge in [0.1, 0.15) is 0 Å². The Bertz CT molecular complexity index is 247. The van der Waals surface area contributed by atoms with E-state index in [2.05, 4.69) is 17.0 Å². The predicted octanol–water partition coefficient (Wildman–Crippen LogP) is 3.19. The van der Waals surface area contributed by atoms with E-state index in [0.717, 1.165) is 12.8 Å². The number of likely N-dealkylation sites (N-methyl/N-ethyl adjacent to an activating group) is 1. The summed E-state index contributed by atoms with van der Waals surface area (Å²) in [6, 6.07) is 0. The van der Waals surface area contributed by atoms with E-state index in [-0.39, 0.29) is 23.6 Å². The van der Waals surface area contributed by atoms with Crippen LogP contribution in [0.4, 0.5) is 0 Å². The molecule has 20 heavy (non-hydrogen) atoms. The van der Waals surface area contributed by atoms with Crippen molar-refractivity contribution in [3.05, 3.63) is 0 Å². The van der Waals surface area contributed by atoms with Crippen molar-refractivity contribution in [2.75, 3.05) is 13.6 Å². The number of unbranched alkanes of at least 4 members (excludes halogenated alkanes) is 8. The van der Waals surface area contributed by atoms with Crippen molar-refractivity contribution in [2.45, 2.75) is 71.1 Å². The predicted molar refractivity (Wildman–Crippen MR) is 76.9 cm³/mol. The van der Waals surface area contributed by atoms with Gasteiger partial charge in [0.25, 0.3) is 0 Å². The van der Waals surface area contributed by atoms with Crippen LogP contribution in [0.15, 0.2) is 0 Å². The first-order chi connectivity index (χ1) is 9.20. The molecule has 0 heterocycles. The maximum absolute atomic E-state index is 11.3. The van der Waals surface area contributed by atoms with Gasteiger partial charge >= 0.3 is 11.9 Å². The van der Waals surface area contributed by atoms with Gasteiger partial charge in [-0.1, -0.05) is 58.3 Å². The number of rotatable bonds is 12. The summed E-state index contributed by atoms with van der Waals surface area (Å²) in [5.41, 5.74) is 0. The fraction of sp³-hybridized carbons (Fsp3) is 0.867. The Labute approximate surface area is 133 Å². The van der Waals surface area contributed by atoms with Crippen LogP contribution >= 0.6 is 0 Å². The van der Waals surface area contributed by atoms with E-state index in [1.165, 1.54) is 44.9 Å². The Morgan fingerprint density at radius 1 is 0.850 bits per heavy atom. The SMILES string of the molecule is CCCCCCCCCCCC(=O)OC(=O)CNC.[Cu]. The van der Waals surface area contributed by atoms with E-state index in [1.54, 1.807) is 7.05 Å². The summed E-state index contributed by atoms with van der Waals surface area (Å²) >= 11 is 0.